The fourth-order valence-corrected chi connectivity index (χ4v) is 4.98. The number of rotatable bonds is 6. The summed E-state index contributed by atoms with van der Waals surface area (Å²) in [7, 11) is 1.43. The molecule has 1 aliphatic heterocycles. The molecule has 3 aromatic rings. The molecule has 4 rings (SSSR count). The van der Waals surface area contributed by atoms with Crippen LogP contribution in [0.1, 0.15) is 5.56 Å². The fourth-order valence-electron chi connectivity index (χ4n) is 3.29. The van der Waals surface area contributed by atoms with Crippen molar-refractivity contribution >= 4 is 71.6 Å². The van der Waals surface area contributed by atoms with Crippen molar-refractivity contribution in [1.29, 1.82) is 0 Å². The average molecular weight is 579 g/mol. The smallest absolute Gasteiger partial charge is 0.293 e. The van der Waals surface area contributed by atoms with Gasteiger partial charge in [-0.05, 0) is 67.2 Å². The van der Waals surface area contributed by atoms with Gasteiger partial charge in [0, 0.05) is 19.9 Å². The normalized spacial score (nSPS) is 15.1. The number of hydrogen-bond acceptors (Lipinski definition) is 6. The van der Waals surface area contributed by atoms with Crippen LogP contribution in [0.25, 0.3) is 16.8 Å². The second-order valence-corrected chi connectivity index (χ2v) is 9.44. The standard InChI is InChI=1S/C23H17Br2NO5S/c1-30-18-12-16(24)20(25)15(21(18)27)11-19-22(28)26(23(29)32-19)9-10-31-17-8-4-6-13-5-2-3-7-14(13)17/h2-8,11-12,27H,9-10H2,1H3/b19-11-. The zero-order chi connectivity index (χ0) is 22.8. The number of carbonyl (C=O) groups excluding carboxylic acids is 2. The van der Waals surface area contributed by atoms with Crippen LogP contribution in [0.3, 0.4) is 0 Å². The highest BCUT2D eigenvalue weighted by Crippen LogP contribution is 2.43. The summed E-state index contributed by atoms with van der Waals surface area (Å²) in [6, 6.07) is 15.2. The number of thioether (sulfide) groups is 1. The van der Waals surface area contributed by atoms with Crippen molar-refractivity contribution in [3.8, 4) is 17.2 Å². The number of carbonyl (C=O) groups is 2. The lowest BCUT2D eigenvalue weighted by molar-refractivity contribution is -0.123. The lowest BCUT2D eigenvalue weighted by Gasteiger charge is -2.14. The Balaban J connectivity index is 1.51. The molecule has 6 nitrogen and oxygen atoms in total. The van der Waals surface area contributed by atoms with Gasteiger partial charge < -0.3 is 14.6 Å². The number of aromatic hydroxyl groups is 1. The monoisotopic (exact) mass is 577 g/mol. The number of nitrogens with zero attached hydrogens (tertiary/aromatic N) is 1. The molecule has 1 heterocycles. The molecule has 1 saturated heterocycles. The maximum Gasteiger partial charge on any atom is 0.293 e. The second kappa shape index (κ2) is 9.56. The van der Waals surface area contributed by atoms with Gasteiger partial charge in [0.05, 0.1) is 18.6 Å². The lowest BCUT2D eigenvalue weighted by Crippen LogP contribution is -2.32. The van der Waals surface area contributed by atoms with Crippen LogP contribution in [0.5, 0.6) is 17.2 Å². The molecule has 32 heavy (non-hydrogen) atoms. The van der Waals surface area contributed by atoms with E-state index in [9.17, 15) is 14.7 Å². The van der Waals surface area contributed by atoms with Crippen molar-refractivity contribution < 1.29 is 24.2 Å². The van der Waals surface area contributed by atoms with Gasteiger partial charge >= 0.3 is 0 Å². The minimum atomic E-state index is -0.438. The van der Waals surface area contributed by atoms with E-state index in [-0.39, 0.29) is 34.8 Å². The first kappa shape index (κ1) is 22.7. The number of fused-ring (bicyclic) bond motifs is 1. The highest BCUT2D eigenvalue weighted by molar-refractivity contribution is 9.13. The Hall–Kier alpha value is -2.49. The van der Waals surface area contributed by atoms with Crippen molar-refractivity contribution in [2.45, 2.75) is 0 Å². The number of phenols is 1. The molecule has 3 aromatic carbocycles. The van der Waals surface area contributed by atoms with E-state index >= 15 is 0 Å². The van der Waals surface area contributed by atoms with Crippen LogP contribution >= 0.6 is 43.6 Å². The molecule has 0 spiro atoms. The molecule has 1 fully saturated rings. The summed E-state index contributed by atoms with van der Waals surface area (Å²) in [5, 5.41) is 12.1. The number of halogens is 2. The van der Waals surface area contributed by atoms with Gasteiger partial charge in [-0.3, -0.25) is 14.5 Å². The number of imide groups is 1. The number of phenolic OH excluding ortho intramolecular Hbond substituents is 1. The van der Waals surface area contributed by atoms with Crippen molar-refractivity contribution in [3.63, 3.8) is 0 Å². The second-order valence-electron chi connectivity index (χ2n) is 6.80. The summed E-state index contributed by atoms with van der Waals surface area (Å²) in [6.45, 7) is 0.277. The van der Waals surface area contributed by atoms with Gasteiger partial charge in [0.2, 0.25) is 0 Å². The molecule has 0 aromatic heterocycles. The number of hydrogen-bond donors (Lipinski definition) is 1. The molecule has 1 N–H and O–H groups in total. The van der Waals surface area contributed by atoms with E-state index in [1.165, 1.54) is 13.2 Å². The van der Waals surface area contributed by atoms with Crippen LogP contribution in [0.2, 0.25) is 0 Å². The van der Waals surface area contributed by atoms with E-state index in [2.05, 4.69) is 31.9 Å². The minimum Gasteiger partial charge on any atom is -0.504 e. The molecule has 0 aliphatic carbocycles. The summed E-state index contributed by atoms with van der Waals surface area (Å²) in [5.41, 5.74) is 0.341. The average Bonchev–Trinajstić information content (AvgIpc) is 3.06. The number of ether oxygens (including phenoxy) is 2. The van der Waals surface area contributed by atoms with Crippen molar-refractivity contribution in [3.05, 3.63) is 67.9 Å². The van der Waals surface area contributed by atoms with Crippen molar-refractivity contribution in [2.75, 3.05) is 20.3 Å². The first-order chi connectivity index (χ1) is 15.4. The SMILES string of the molecule is COc1cc(Br)c(Br)c(/C=C2\SC(=O)N(CCOc3cccc4ccccc34)C2=O)c1O. The minimum absolute atomic E-state index is 0.111. The predicted molar refractivity (Wildman–Crippen MR) is 132 cm³/mol. The van der Waals surface area contributed by atoms with Crippen molar-refractivity contribution in [2.24, 2.45) is 0 Å². The third-order valence-electron chi connectivity index (χ3n) is 4.88. The molecule has 0 saturated carbocycles. The van der Waals surface area contributed by atoms with E-state index in [0.717, 1.165) is 27.4 Å². The quantitative estimate of drug-likeness (QED) is 0.351. The molecule has 0 radical (unpaired) electrons. The summed E-state index contributed by atoms with van der Waals surface area (Å²) < 4.78 is 12.2. The van der Waals surface area contributed by atoms with Crippen LogP contribution in [-0.4, -0.2) is 41.4 Å². The van der Waals surface area contributed by atoms with Crippen LogP contribution in [0.4, 0.5) is 4.79 Å². The van der Waals surface area contributed by atoms with Gasteiger partial charge in [0.1, 0.15) is 12.4 Å². The molecular formula is C23H17Br2NO5S. The molecule has 0 unspecified atom stereocenters. The van der Waals surface area contributed by atoms with E-state index in [1.54, 1.807) is 6.07 Å². The molecule has 2 amide bonds. The third kappa shape index (κ3) is 4.37. The van der Waals surface area contributed by atoms with Gasteiger partial charge in [-0.15, -0.1) is 0 Å². The summed E-state index contributed by atoms with van der Waals surface area (Å²) >= 11 is 7.59. The first-order valence-corrected chi connectivity index (χ1v) is 11.9. The lowest BCUT2D eigenvalue weighted by atomic mass is 10.1. The van der Waals surface area contributed by atoms with Gasteiger partial charge in [0.15, 0.2) is 11.5 Å². The Morgan fingerprint density at radius 2 is 1.84 bits per heavy atom. The molecule has 0 bridgehead atoms. The predicted octanol–water partition coefficient (Wildman–Crippen LogP) is 6.19. The largest absolute Gasteiger partial charge is 0.504 e. The Labute approximate surface area is 205 Å². The van der Waals surface area contributed by atoms with Crippen molar-refractivity contribution in [1.82, 2.24) is 4.90 Å². The maximum atomic E-state index is 12.9. The van der Waals surface area contributed by atoms with E-state index in [1.807, 2.05) is 42.5 Å². The summed E-state index contributed by atoms with van der Waals surface area (Å²) in [6.07, 6.45) is 1.48. The van der Waals surface area contributed by atoms with Gasteiger partial charge in [0.25, 0.3) is 11.1 Å². The third-order valence-corrected chi connectivity index (χ3v) is 7.80. The molecule has 1 aliphatic rings. The number of benzene rings is 3. The zero-order valence-corrected chi connectivity index (χ0v) is 20.8. The van der Waals surface area contributed by atoms with Crippen LogP contribution in [-0.2, 0) is 4.79 Å². The Bertz CT molecular complexity index is 1260. The topological polar surface area (TPSA) is 76.1 Å². The fraction of sp³-hybridized carbons (Fsp3) is 0.130. The van der Waals surface area contributed by atoms with E-state index < -0.39 is 5.91 Å². The molecular weight excluding hydrogens is 562 g/mol. The zero-order valence-electron chi connectivity index (χ0n) is 16.8. The van der Waals surface area contributed by atoms with E-state index in [0.29, 0.717) is 20.3 Å². The van der Waals surface area contributed by atoms with Crippen LogP contribution < -0.4 is 9.47 Å². The summed E-state index contributed by atoms with van der Waals surface area (Å²) in [5.74, 6) is 0.371. The van der Waals surface area contributed by atoms with E-state index in [4.69, 9.17) is 9.47 Å². The highest BCUT2D eigenvalue weighted by atomic mass is 79.9. The number of methoxy groups -OCH3 is 1. The van der Waals surface area contributed by atoms with Crippen LogP contribution in [0.15, 0.2) is 62.4 Å². The number of amides is 2. The first-order valence-electron chi connectivity index (χ1n) is 9.51. The summed E-state index contributed by atoms with van der Waals surface area (Å²) in [4.78, 5) is 26.7. The van der Waals surface area contributed by atoms with Gasteiger partial charge in [-0.1, -0.05) is 36.4 Å². The van der Waals surface area contributed by atoms with Crippen LogP contribution in [0, 0.1) is 0 Å². The molecule has 0 atom stereocenters. The maximum absolute atomic E-state index is 12.9. The Morgan fingerprint density at radius 1 is 1.09 bits per heavy atom. The molecule has 164 valence electrons. The Kier molecular flexibility index (Phi) is 6.78. The Morgan fingerprint density at radius 3 is 2.62 bits per heavy atom. The van der Waals surface area contributed by atoms with Gasteiger partial charge in [-0.25, -0.2) is 0 Å². The highest BCUT2D eigenvalue weighted by Gasteiger charge is 2.35. The molecule has 9 heteroatoms. The van der Waals surface area contributed by atoms with Gasteiger partial charge in [-0.2, -0.15) is 0 Å².